The molecule has 8 heteroatoms. The Labute approximate surface area is 212 Å². The van der Waals surface area contributed by atoms with Gasteiger partial charge < -0.3 is 20.3 Å². The summed E-state index contributed by atoms with van der Waals surface area (Å²) in [5.41, 5.74) is 2.94. The first-order valence-corrected chi connectivity index (χ1v) is 10.9. The Bertz CT molecular complexity index is 912. The van der Waals surface area contributed by atoms with Crippen LogP contribution in [-0.2, 0) is 16.7 Å². The fraction of sp³-hybridized carbons (Fsp3) is 0.417. The molecule has 1 amide bonds. The van der Waals surface area contributed by atoms with Gasteiger partial charge in [0.25, 0.3) is 5.91 Å². The summed E-state index contributed by atoms with van der Waals surface area (Å²) in [4.78, 5) is 18.0. The highest BCUT2D eigenvalue weighted by atomic mass is 127. The van der Waals surface area contributed by atoms with Crippen LogP contribution in [0, 0.1) is 0 Å². The first-order chi connectivity index (χ1) is 14.9. The summed E-state index contributed by atoms with van der Waals surface area (Å²) in [7, 11) is 5.27. The third-order valence-electron chi connectivity index (χ3n) is 5.77. The van der Waals surface area contributed by atoms with Gasteiger partial charge in [-0.3, -0.25) is 9.79 Å². The van der Waals surface area contributed by atoms with E-state index in [9.17, 15) is 4.79 Å². The van der Waals surface area contributed by atoms with Crippen LogP contribution in [0.2, 0.25) is 5.02 Å². The predicted octanol–water partition coefficient (Wildman–Crippen LogP) is 4.07. The van der Waals surface area contributed by atoms with Crippen LogP contribution in [0.3, 0.4) is 0 Å². The fourth-order valence-corrected chi connectivity index (χ4v) is 4.02. The van der Waals surface area contributed by atoms with Crippen LogP contribution in [0.4, 0.5) is 0 Å². The van der Waals surface area contributed by atoms with Gasteiger partial charge in [0, 0.05) is 63.4 Å². The third-order valence-corrected chi connectivity index (χ3v) is 6.01. The lowest BCUT2D eigenvalue weighted by molar-refractivity contribution is 0.0514. The van der Waals surface area contributed by atoms with Crippen molar-refractivity contribution in [1.29, 1.82) is 0 Å². The Kier molecular flexibility index (Phi) is 10.2. The summed E-state index contributed by atoms with van der Waals surface area (Å²) in [5, 5.41) is 7.61. The molecular formula is C24H32ClIN4O2. The number of hydrogen-bond donors (Lipinski definition) is 2. The number of guanidine groups is 1. The molecule has 174 valence electrons. The zero-order chi connectivity index (χ0) is 22.3. The van der Waals surface area contributed by atoms with Gasteiger partial charge in [-0.05, 0) is 48.2 Å². The summed E-state index contributed by atoms with van der Waals surface area (Å²) in [5.74, 6) is 0.737. The van der Waals surface area contributed by atoms with Crippen molar-refractivity contribution in [3.63, 3.8) is 0 Å². The summed E-state index contributed by atoms with van der Waals surface area (Å²) >= 11 is 6.27. The molecule has 0 unspecified atom stereocenters. The second kappa shape index (κ2) is 12.4. The average Bonchev–Trinajstić information content (AvgIpc) is 2.79. The van der Waals surface area contributed by atoms with E-state index in [1.165, 1.54) is 5.56 Å². The van der Waals surface area contributed by atoms with Crippen molar-refractivity contribution in [2.24, 2.45) is 4.99 Å². The van der Waals surface area contributed by atoms with Gasteiger partial charge in [-0.1, -0.05) is 35.9 Å². The van der Waals surface area contributed by atoms with Crippen molar-refractivity contribution in [1.82, 2.24) is 15.5 Å². The lowest BCUT2D eigenvalue weighted by atomic mass is 9.74. The summed E-state index contributed by atoms with van der Waals surface area (Å²) in [6.45, 7) is 2.83. The Morgan fingerprint density at radius 1 is 1.12 bits per heavy atom. The zero-order valence-electron chi connectivity index (χ0n) is 18.9. The van der Waals surface area contributed by atoms with Gasteiger partial charge in [0.1, 0.15) is 0 Å². The number of halogens is 2. The van der Waals surface area contributed by atoms with Crippen molar-refractivity contribution in [3.05, 3.63) is 70.2 Å². The van der Waals surface area contributed by atoms with E-state index in [0.717, 1.165) is 49.1 Å². The van der Waals surface area contributed by atoms with Gasteiger partial charge in [-0.25, -0.2) is 0 Å². The van der Waals surface area contributed by atoms with E-state index in [1.54, 1.807) is 26.0 Å². The number of carbonyl (C=O) groups is 1. The van der Waals surface area contributed by atoms with Gasteiger partial charge in [-0.15, -0.1) is 24.0 Å². The van der Waals surface area contributed by atoms with Gasteiger partial charge in [0.05, 0.1) is 0 Å². The van der Waals surface area contributed by atoms with E-state index >= 15 is 0 Å². The number of carbonyl (C=O) groups excluding carboxylic acids is 1. The van der Waals surface area contributed by atoms with Crippen LogP contribution in [-0.4, -0.2) is 57.7 Å². The van der Waals surface area contributed by atoms with E-state index in [1.807, 2.05) is 36.4 Å². The average molecular weight is 571 g/mol. The SMILES string of the molecule is CN=C(NCc1ccc(C(=O)N(C)C)cc1)NCC1(c2cccc(Cl)c2)CCOCC1.I. The molecule has 1 aliphatic heterocycles. The third kappa shape index (κ3) is 6.83. The van der Waals surface area contributed by atoms with Crippen molar-refractivity contribution in [2.45, 2.75) is 24.8 Å². The molecule has 32 heavy (non-hydrogen) atoms. The lowest BCUT2D eigenvalue weighted by Gasteiger charge is -2.38. The smallest absolute Gasteiger partial charge is 0.253 e. The quantitative estimate of drug-likeness (QED) is 0.312. The van der Waals surface area contributed by atoms with Gasteiger partial charge in [-0.2, -0.15) is 0 Å². The number of ether oxygens (including phenoxy) is 1. The standard InChI is InChI=1S/C24H31ClN4O2.HI/c1-26-23(27-16-18-7-9-19(10-8-18)22(30)29(2)3)28-17-24(11-13-31-14-12-24)20-5-4-6-21(25)15-20;/h4-10,15H,11-14,16-17H2,1-3H3,(H2,26,27,28);1H. The monoisotopic (exact) mass is 570 g/mol. The minimum atomic E-state index is -0.0467. The number of nitrogens with zero attached hydrogens (tertiary/aromatic N) is 2. The minimum Gasteiger partial charge on any atom is -0.381 e. The Morgan fingerprint density at radius 2 is 1.81 bits per heavy atom. The zero-order valence-corrected chi connectivity index (χ0v) is 21.9. The van der Waals surface area contributed by atoms with E-state index < -0.39 is 0 Å². The molecule has 1 aliphatic rings. The molecule has 2 N–H and O–H groups in total. The van der Waals surface area contributed by atoms with Gasteiger partial charge in [0.2, 0.25) is 0 Å². The Morgan fingerprint density at radius 3 is 2.41 bits per heavy atom. The van der Waals surface area contributed by atoms with E-state index in [2.05, 4.69) is 27.8 Å². The number of rotatable bonds is 6. The number of benzene rings is 2. The molecule has 0 aromatic heterocycles. The minimum absolute atomic E-state index is 0. The Hall–Kier alpha value is -1.84. The van der Waals surface area contributed by atoms with Crippen molar-refractivity contribution < 1.29 is 9.53 Å². The van der Waals surface area contributed by atoms with Crippen molar-refractivity contribution in [2.75, 3.05) is 40.9 Å². The van der Waals surface area contributed by atoms with Crippen LogP contribution in [0.5, 0.6) is 0 Å². The second-order valence-corrected chi connectivity index (χ2v) is 8.52. The fourth-order valence-electron chi connectivity index (χ4n) is 3.83. The van der Waals surface area contributed by atoms with Crippen molar-refractivity contribution in [3.8, 4) is 0 Å². The molecule has 0 radical (unpaired) electrons. The maximum Gasteiger partial charge on any atom is 0.253 e. The maximum absolute atomic E-state index is 12.0. The van der Waals surface area contributed by atoms with Crippen molar-refractivity contribution >= 4 is 47.4 Å². The summed E-state index contributed by atoms with van der Waals surface area (Å²) in [6, 6.07) is 15.7. The first kappa shape index (κ1) is 26.4. The molecule has 2 aromatic rings. The maximum atomic E-state index is 12.0. The molecule has 0 bridgehead atoms. The predicted molar refractivity (Wildman–Crippen MR) is 141 cm³/mol. The topological polar surface area (TPSA) is 66.0 Å². The molecule has 1 fully saturated rings. The first-order valence-electron chi connectivity index (χ1n) is 10.5. The number of hydrogen-bond acceptors (Lipinski definition) is 3. The number of amides is 1. The van der Waals surface area contributed by atoms with Crippen LogP contribution >= 0.6 is 35.6 Å². The molecule has 0 saturated carbocycles. The molecule has 1 heterocycles. The Balaban J connectivity index is 0.00000363. The van der Waals surface area contributed by atoms with E-state index in [-0.39, 0.29) is 35.3 Å². The molecule has 2 aromatic carbocycles. The lowest BCUT2D eigenvalue weighted by Crippen LogP contribution is -2.47. The number of aliphatic imine (C=N–C) groups is 1. The van der Waals surface area contributed by atoms with Crippen LogP contribution in [0.15, 0.2) is 53.5 Å². The van der Waals surface area contributed by atoms with Crippen LogP contribution in [0.25, 0.3) is 0 Å². The van der Waals surface area contributed by atoms with Gasteiger partial charge >= 0.3 is 0 Å². The second-order valence-electron chi connectivity index (χ2n) is 8.08. The summed E-state index contributed by atoms with van der Waals surface area (Å²) < 4.78 is 5.62. The molecular weight excluding hydrogens is 539 g/mol. The van der Waals surface area contributed by atoms with Crippen LogP contribution < -0.4 is 10.6 Å². The normalized spacial score (nSPS) is 15.4. The molecule has 1 saturated heterocycles. The molecule has 3 rings (SSSR count). The van der Waals surface area contributed by atoms with E-state index in [4.69, 9.17) is 16.3 Å². The highest BCUT2D eigenvalue weighted by molar-refractivity contribution is 14.0. The summed E-state index contributed by atoms with van der Waals surface area (Å²) in [6.07, 6.45) is 1.86. The highest BCUT2D eigenvalue weighted by Gasteiger charge is 2.34. The highest BCUT2D eigenvalue weighted by Crippen LogP contribution is 2.35. The van der Waals surface area contributed by atoms with E-state index in [0.29, 0.717) is 12.1 Å². The molecule has 6 nitrogen and oxygen atoms in total. The largest absolute Gasteiger partial charge is 0.381 e. The molecule has 0 aliphatic carbocycles. The van der Waals surface area contributed by atoms with Crippen LogP contribution in [0.1, 0.15) is 34.3 Å². The van der Waals surface area contributed by atoms with Gasteiger partial charge in [0.15, 0.2) is 5.96 Å². The number of nitrogens with one attached hydrogen (secondary N) is 2. The molecule has 0 atom stereocenters. The molecule has 0 spiro atoms.